The lowest BCUT2D eigenvalue weighted by Crippen LogP contribution is -2.07. The van der Waals surface area contributed by atoms with Crippen molar-refractivity contribution in [3.05, 3.63) is 51.8 Å². The minimum Gasteiger partial charge on any atom is -0.317 e. The minimum atomic E-state index is -0.0200. The molecule has 1 aromatic carbocycles. The normalized spacial score (nSPS) is 10.9. The summed E-state index contributed by atoms with van der Waals surface area (Å²) in [6.45, 7) is 10.3. The first-order valence-electron chi connectivity index (χ1n) is 6.73. The second-order valence-corrected chi connectivity index (χ2v) is 5.69. The van der Waals surface area contributed by atoms with Gasteiger partial charge in [0.05, 0.1) is 11.6 Å². The Bertz CT molecular complexity index is 660. The highest BCUT2D eigenvalue weighted by atomic mass is 35.5. The van der Waals surface area contributed by atoms with Gasteiger partial charge in [0.15, 0.2) is 5.78 Å². The van der Waals surface area contributed by atoms with E-state index in [2.05, 4.69) is 37.5 Å². The van der Waals surface area contributed by atoms with Gasteiger partial charge in [0.1, 0.15) is 0 Å². The topological polar surface area (TPSA) is 22.0 Å². The molecule has 0 saturated heterocycles. The van der Waals surface area contributed by atoms with Crippen molar-refractivity contribution in [2.45, 2.75) is 34.6 Å². The predicted molar refractivity (Wildman–Crippen MR) is 84.5 cm³/mol. The number of benzene rings is 1. The molecular weight excluding hydrogens is 270 g/mol. The molecule has 0 fully saturated rings. The molecule has 0 atom stereocenters. The van der Waals surface area contributed by atoms with Crippen LogP contribution in [0.5, 0.6) is 0 Å². The number of hydrogen-bond donors (Lipinski definition) is 0. The second kappa shape index (κ2) is 5.45. The Kier molecular flexibility index (Phi) is 4.05. The van der Waals surface area contributed by atoms with Crippen LogP contribution in [0.4, 0.5) is 0 Å². The molecule has 106 valence electrons. The number of hydrogen-bond acceptors (Lipinski definition) is 1. The maximum absolute atomic E-state index is 11.9. The molecule has 0 N–H and O–H groups in total. The number of carbonyl (C=O) groups is 1. The Labute approximate surface area is 125 Å². The zero-order valence-corrected chi connectivity index (χ0v) is 13.4. The molecule has 0 aliphatic rings. The Morgan fingerprint density at radius 2 is 1.60 bits per heavy atom. The van der Waals surface area contributed by atoms with Crippen LogP contribution in [0.25, 0.3) is 5.69 Å². The van der Waals surface area contributed by atoms with E-state index in [4.69, 9.17) is 11.6 Å². The average molecular weight is 290 g/mol. The van der Waals surface area contributed by atoms with Gasteiger partial charge in [-0.3, -0.25) is 4.79 Å². The molecule has 0 saturated carbocycles. The summed E-state index contributed by atoms with van der Waals surface area (Å²) in [6.07, 6.45) is 0. The smallest absolute Gasteiger partial charge is 0.179 e. The monoisotopic (exact) mass is 289 g/mol. The Hall–Kier alpha value is -1.54. The number of alkyl halides is 1. The number of aryl methyl sites for hydroxylation is 4. The first-order chi connectivity index (χ1) is 9.36. The second-order valence-electron chi connectivity index (χ2n) is 5.42. The van der Waals surface area contributed by atoms with E-state index < -0.39 is 0 Å². The van der Waals surface area contributed by atoms with Gasteiger partial charge < -0.3 is 4.57 Å². The summed E-state index contributed by atoms with van der Waals surface area (Å²) < 4.78 is 2.16. The lowest BCUT2D eigenvalue weighted by atomic mass is 10.0. The number of aromatic nitrogens is 1. The third-order valence-corrected chi connectivity index (χ3v) is 3.95. The zero-order chi connectivity index (χ0) is 15.0. The van der Waals surface area contributed by atoms with Crippen molar-refractivity contribution < 1.29 is 4.79 Å². The Morgan fingerprint density at radius 1 is 1.05 bits per heavy atom. The molecule has 0 spiro atoms. The van der Waals surface area contributed by atoms with E-state index in [0.29, 0.717) is 0 Å². The van der Waals surface area contributed by atoms with E-state index in [9.17, 15) is 4.79 Å². The number of Topliss-reactive ketones (excluding diaryl/α,β-unsaturated/α-hetero) is 1. The highest BCUT2D eigenvalue weighted by molar-refractivity contribution is 6.30. The van der Waals surface area contributed by atoms with Crippen molar-refractivity contribution in [1.29, 1.82) is 0 Å². The van der Waals surface area contributed by atoms with Crippen LogP contribution in [0.1, 0.15) is 38.4 Å². The van der Waals surface area contributed by atoms with E-state index in [1.807, 2.05) is 19.9 Å². The molecular formula is C17H20ClNO. The summed E-state index contributed by atoms with van der Waals surface area (Å²) in [5.41, 5.74) is 7.59. The SMILES string of the molecule is Cc1cc(C)c(-n2c(C)cc(C(=O)CCl)c2C)c(C)c1. The number of ketones is 1. The summed E-state index contributed by atoms with van der Waals surface area (Å²) in [4.78, 5) is 11.9. The molecule has 2 nitrogen and oxygen atoms in total. The number of rotatable bonds is 3. The third-order valence-electron chi connectivity index (χ3n) is 3.71. The molecule has 2 aromatic rings. The molecule has 2 rings (SSSR count). The lowest BCUT2D eigenvalue weighted by Gasteiger charge is -2.17. The van der Waals surface area contributed by atoms with Gasteiger partial charge in [-0.15, -0.1) is 11.6 Å². The average Bonchev–Trinajstić information content (AvgIpc) is 2.65. The van der Waals surface area contributed by atoms with Crippen molar-refractivity contribution in [1.82, 2.24) is 4.57 Å². The van der Waals surface area contributed by atoms with Crippen LogP contribution in [0.15, 0.2) is 18.2 Å². The quantitative estimate of drug-likeness (QED) is 0.605. The van der Waals surface area contributed by atoms with Crippen molar-refractivity contribution >= 4 is 17.4 Å². The van der Waals surface area contributed by atoms with Crippen LogP contribution < -0.4 is 0 Å². The van der Waals surface area contributed by atoms with Gasteiger partial charge in [-0.25, -0.2) is 0 Å². The molecule has 0 aliphatic heterocycles. The van der Waals surface area contributed by atoms with Gasteiger partial charge in [-0.2, -0.15) is 0 Å². The van der Waals surface area contributed by atoms with E-state index in [-0.39, 0.29) is 11.7 Å². The highest BCUT2D eigenvalue weighted by Gasteiger charge is 2.18. The van der Waals surface area contributed by atoms with Crippen LogP contribution in [0.3, 0.4) is 0 Å². The molecule has 0 bridgehead atoms. The minimum absolute atomic E-state index is 0.0200. The van der Waals surface area contributed by atoms with Gasteiger partial charge in [0, 0.05) is 17.0 Å². The molecule has 1 aromatic heterocycles. The van der Waals surface area contributed by atoms with E-state index in [0.717, 1.165) is 17.0 Å². The van der Waals surface area contributed by atoms with Gasteiger partial charge in [-0.05, 0) is 51.8 Å². The van der Waals surface area contributed by atoms with E-state index in [1.165, 1.54) is 22.4 Å². The van der Waals surface area contributed by atoms with Crippen LogP contribution in [0.2, 0.25) is 0 Å². The van der Waals surface area contributed by atoms with Crippen molar-refractivity contribution in [3.63, 3.8) is 0 Å². The standard InChI is InChI=1S/C17H20ClNO/c1-10-6-11(2)17(12(3)7-10)19-13(4)8-15(14(19)5)16(20)9-18/h6-8H,9H2,1-5H3. The van der Waals surface area contributed by atoms with Gasteiger partial charge in [-0.1, -0.05) is 17.7 Å². The van der Waals surface area contributed by atoms with Crippen molar-refractivity contribution in [3.8, 4) is 5.69 Å². The summed E-state index contributed by atoms with van der Waals surface area (Å²) in [7, 11) is 0. The number of nitrogens with zero attached hydrogens (tertiary/aromatic N) is 1. The summed E-state index contributed by atoms with van der Waals surface area (Å²) in [5.74, 6) is 0.00400. The fourth-order valence-electron chi connectivity index (χ4n) is 2.99. The van der Waals surface area contributed by atoms with Gasteiger partial charge >= 0.3 is 0 Å². The Balaban J connectivity index is 2.71. The highest BCUT2D eigenvalue weighted by Crippen LogP contribution is 2.27. The van der Waals surface area contributed by atoms with E-state index in [1.54, 1.807) is 0 Å². The molecule has 0 unspecified atom stereocenters. The van der Waals surface area contributed by atoms with Crippen molar-refractivity contribution in [2.75, 3.05) is 5.88 Å². The van der Waals surface area contributed by atoms with Crippen LogP contribution in [-0.2, 0) is 0 Å². The Morgan fingerprint density at radius 3 is 2.10 bits per heavy atom. The number of halogens is 1. The first kappa shape index (κ1) is 14.9. The maximum Gasteiger partial charge on any atom is 0.179 e. The van der Waals surface area contributed by atoms with Gasteiger partial charge in [0.25, 0.3) is 0 Å². The fraction of sp³-hybridized carbons (Fsp3) is 0.353. The van der Waals surface area contributed by atoms with Crippen LogP contribution in [0, 0.1) is 34.6 Å². The van der Waals surface area contributed by atoms with Crippen molar-refractivity contribution in [2.24, 2.45) is 0 Å². The number of carbonyl (C=O) groups excluding carboxylic acids is 1. The zero-order valence-electron chi connectivity index (χ0n) is 12.7. The molecule has 0 radical (unpaired) electrons. The van der Waals surface area contributed by atoms with E-state index >= 15 is 0 Å². The van der Waals surface area contributed by atoms with Crippen LogP contribution in [-0.4, -0.2) is 16.2 Å². The molecule has 20 heavy (non-hydrogen) atoms. The molecule has 0 aliphatic carbocycles. The predicted octanol–water partition coefficient (Wildman–Crippen LogP) is 4.44. The largest absolute Gasteiger partial charge is 0.317 e. The maximum atomic E-state index is 11.9. The molecule has 0 amide bonds. The summed E-state index contributed by atoms with van der Waals surface area (Å²) in [5, 5.41) is 0. The third kappa shape index (κ3) is 2.40. The summed E-state index contributed by atoms with van der Waals surface area (Å²) in [6, 6.07) is 6.27. The summed E-state index contributed by atoms with van der Waals surface area (Å²) >= 11 is 5.69. The molecule has 1 heterocycles. The first-order valence-corrected chi connectivity index (χ1v) is 7.26. The van der Waals surface area contributed by atoms with Gasteiger partial charge in [0.2, 0.25) is 0 Å². The fourth-order valence-corrected chi connectivity index (χ4v) is 3.13. The lowest BCUT2D eigenvalue weighted by molar-refractivity contribution is 0.102. The molecule has 3 heteroatoms. The van der Waals surface area contributed by atoms with Crippen LogP contribution >= 0.6 is 11.6 Å².